The van der Waals surface area contributed by atoms with Gasteiger partial charge in [-0.1, -0.05) is 84.0 Å². The normalized spacial score (nSPS) is 12.5. The Labute approximate surface area is 141 Å². The molecule has 0 rings (SSSR count). The number of hydrogen-bond acceptors (Lipinski definition) is 3. The van der Waals surface area contributed by atoms with E-state index in [-0.39, 0.29) is 11.9 Å². The van der Waals surface area contributed by atoms with Gasteiger partial charge in [-0.05, 0) is 6.42 Å². The fourth-order valence-corrected chi connectivity index (χ4v) is 3.32. The molecule has 0 aliphatic heterocycles. The smallest absolute Gasteiger partial charge is 0.313 e. The first-order valence-electron chi connectivity index (χ1n) is 9.14. The number of hydrogen-bond donors (Lipinski definition) is 2. The van der Waals surface area contributed by atoms with Crippen LogP contribution in [-0.2, 0) is 4.79 Å². The van der Waals surface area contributed by atoms with E-state index >= 15 is 0 Å². The SMILES string of the molecule is CCCCCCCCCCCCCCC(O)CSCC(=O)O. The molecule has 0 aliphatic carbocycles. The number of rotatable bonds is 17. The van der Waals surface area contributed by atoms with Gasteiger partial charge in [0.25, 0.3) is 0 Å². The van der Waals surface area contributed by atoms with E-state index in [1.165, 1.54) is 82.4 Å². The molecule has 0 aromatic heterocycles. The molecule has 0 saturated carbocycles. The molecule has 2 N–H and O–H groups in total. The maximum Gasteiger partial charge on any atom is 0.313 e. The van der Waals surface area contributed by atoms with Crippen LogP contribution in [0.1, 0.15) is 90.4 Å². The van der Waals surface area contributed by atoms with Crippen molar-refractivity contribution in [2.45, 2.75) is 96.5 Å². The number of carboxylic acid groups (broad SMARTS) is 1. The highest BCUT2D eigenvalue weighted by atomic mass is 32.2. The summed E-state index contributed by atoms with van der Waals surface area (Å²) in [5.74, 6) is -0.164. The summed E-state index contributed by atoms with van der Waals surface area (Å²) in [5, 5.41) is 18.2. The summed E-state index contributed by atoms with van der Waals surface area (Å²) in [5.41, 5.74) is 0. The van der Waals surface area contributed by atoms with Crippen molar-refractivity contribution in [3.8, 4) is 0 Å². The molecule has 132 valence electrons. The lowest BCUT2D eigenvalue weighted by molar-refractivity contribution is -0.133. The van der Waals surface area contributed by atoms with E-state index in [1.807, 2.05) is 0 Å². The Hall–Kier alpha value is -0.220. The largest absolute Gasteiger partial charge is 0.481 e. The molecule has 0 aliphatic rings. The van der Waals surface area contributed by atoms with Crippen LogP contribution in [0.5, 0.6) is 0 Å². The second-order valence-electron chi connectivity index (χ2n) is 6.24. The lowest BCUT2D eigenvalue weighted by Crippen LogP contribution is -2.11. The molecule has 22 heavy (non-hydrogen) atoms. The molecule has 0 amide bonds. The zero-order chi connectivity index (χ0) is 16.5. The average molecular weight is 333 g/mol. The summed E-state index contributed by atoms with van der Waals surface area (Å²) >= 11 is 1.30. The van der Waals surface area contributed by atoms with Gasteiger partial charge in [0.2, 0.25) is 0 Å². The van der Waals surface area contributed by atoms with Crippen molar-refractivity contribution in [2.24, 2.45) is 0 Å². The second-order valence-corrected chi connectivity index (χ2v) is 7.27. The van der Waals surface area contributed by atoms with Gasteiger partial charge < -0.3 is 10.2 Å². The first-order chi connectivity index (χ1) is 10.7. The number of aliphatic hydroxyl groups excluding tert-OH is 1. The van der Waals surface area contributed by atoms with E-state index in [9.17, 15) is 9.90 Å². The fourth-order valence-electron chi connectivity index (χ4n) is 2.59. The number of aliphatic hydroxyl groups is 1. The minimum Gasteiger partial charge on any atom is -0.481 e. The number of carboxylic acids is 1. The summed E-state index contributed by atoms with van der Waals surface area (Å²) in [6.45, 7) is 2.26. The van der Waals surface area contributed by atoms with Crippen LogP contribution in [-0.4, -0.2) is 33.8 Å². The summed E-state index contributed by atoms with van der Waals surface area (Å²) in [6, 6.07) is 0. The molecule has 0 radical (unpaired) electrons. The average Bonchev–Trinajstić information content (AvgIpc) is 2.48. The van der Waals surface area contributed by atoms with Gasteiger partial charge in [-0.25, -0.2) is 0 Å². The Morgan fingerprint density at radius 3 is 1.77 bits per heavy atom. The number of aliphatic carboxylic acids is 1. The molecule has 0 aromatic carbocycles. The van der Waals surface area contributed by atoms with Crippen molar-refractivity contribution in [3.05, 3.63) is 0 Å². The summed E-state index contributed by atoms with van der Waals surface area (Å²) < 4.78 is 0. The van der Waals surface area contributed by atoms with Gasteiger partial charge in [-0.15, -0.1) is 11.8 Å². The molecule has 0 saturated heterocycles. The Kier molecular flexibility index (Phi) is 17.0. The minimum atomic E-state index is -0.803. The van der Waals surface area contributed by atoms with E-state index < -0.39 is 5.97 Å². The molecule has 3 nitrogen and oxygen atoms in total. The number of thioether (sulfide) groups is 1. The molecule has 0 heterocycles. The van der Waals surface area contributed by atoms with E-state index in [0.717, 1.165) is 12.8 Å². The summed E-state index contributed by atoms with van der Waals surface area (Å²) in [6.07, 6.45) is 16.4. The van der Waals surface area contributed by atoms with Crippen LogP contribution in [0.4, 0.5) is 0 Å². The van der Waals surface area contributed by atoms with Crippen molar-refractivity contribution in [1.29, 1.82) is 0 Å². The predicted molar refractivity (Wildman–Crippen MR) is 96.7 cm³/mol. The van der Waals surface area contributed by atoms with Crippen molar-refractivity contribution < 1.29 is 15.0 Å². The Balaban J connectivity index is 3.11. The fraction of sp³-hybridized carbons (Fsp3) is 0.944. The third-order valence-electron chi connectivity index (χ3n) is 3.93. The van der Waals surface area contributed by atoms with Gasteiger partial charge in [-0.3, -0.25) is 4.79 Å². The van der Waals surface area contributed by atoms with E-state index in [2.05, 4.69) is 6.92 Å². The van der Waals surface area contributed by atoms with Crippen LogP contribution in [0.25, 0.3) is 0 Å². The van der Waals surface area contributed by atoms with E-state index in [1.54, 1.807) is 0 Å². The molecule has 0 aromatic rings. The zero-order valence-corrected chi connectivity index (χ0v) is 15.2. The van der Waals surface area contributed by atoms with Crippen molar-refractivity contribution in [2.75, 3.05) is 11.5 Å². The molecular formula is C18H36O3S. The summed E-state index contributed by atoms with van der Waals surface area (Å²) in [4.78, 5) is 10.4. The molecular weight excluding hydrogens is 296 g/mol. The van der Waals surface area contributed by atoms with Gasteiger partial charge in [-0.2, -0.15) is 0 Å². The first kappa shape index (κ1) is 21.8. The predicted octanol–water partition coefficient (Wildman–Crippen LogP) is 5.26. The minimum absolute atomic E-state index is 0.0928. The van der Waals surface area contributed by atoms with Gasteiger partial charge in [0.1, 0.15) is 0 Å². The van der Waals surface area contributed by atoms with Crippen LogP contribution in [0.15, 0.2) is 0 Å². The number of carbonyl (C=O) groups is 1. The Bertz CT molecular complexity index is 246. The third-order valence-corrected chi connectivity index (χ3v) is 5.00. The molecule has 0 fully saturated rings. The van der Waals surface area contributed by atoms with Crippen LogP contribution >= 0.6 is 11.8 Å². The standard InChI is InChI=1S/C18H36O3S/c1-2-3-4-5-6-7-8-9-10-11-12-13-14-17(19)15-22-16-18(20)21/h17,19H,2-16H2,1H3,(H,20,21). The van der Waals surface area contributed by atoms with Gasteiger partial charge in [0.15, 0.2) is 0 Å². The maximum atomic E-state index is 10.4. The molecule has 4 heteroatoms. The van der Waals surface area contributed by atoms with Gasteiger partial charge in [0.05, 0.1) is 11.9 Å². The lowest BCUT2D eigenvalue weighted by atomic mass is 10.0. The molecule has 0 spiro atoms. The Morgan fingerprint density at radius 1 is 0.864 bits per heavy atom. The van der Waals surface area contributed by atoms with Crippen molar-refractivity contribution in [1.82, 2.24) is 0 Å². The summed E-state index contributed by atoms with van der Waals surface area (Å²) in [7, 11) is 0. The highest BCUT2D eigenvalue weighted by Crippen LogP contribution is 2.14. The van der Waals surface area contributed by atoms with Crippen LogP contribution in [0.3, 0.4) is 0 Å². The van der Waals surface area contributed by atoms with Crippen LogP contribution in [0.2, 0.25) is 0 Å². The van der Waals surface area contributed by atoms with Crippen LogP contribution < -0.4 is 0 Å². The Morgan fingerprint density at radius 2 is 1.32 bits per heavy atom. The second kappa shape index (κ2) is 17.1. The van der Waals surface area contributed by atoms with Gasteiger partial charge >= 0.3 is 5.97 Å². The lowest BCUT2D eigenvalue weighted by Gasteiger charge is -2.09. The van der Waals surface area contributed by atoms with Crippen molar-refractivity contribution in [3.63, 3.8) is 0 Å². The maximum absolute atomic E-state index is 10.4. The topological polar surface area (TPSA) is 57.5 Å². The van der Waals surface area contributed by atoms with E-state index in [0.29, 0.717) is 5.75 Å². The van der Waals surface area contributed by atoms with Crippen LogP contribution in [0, 0.1) is 0 Å². The quantitative estimate of drug-likeness (QED) is 0.357. The van der Waals surface area contributed by atoms with Crippen molar-refractivity contribution >= 4 is 17.7 Å². The molecule has 0 bridgehead atoms. The monoisotopic (exact) mass is 332 g/mol. The highest BCUT2D eigenvalue weighted by molar-refractivity contribution is 7.99. The molecule has 1 atom stereocenters. The third kappa shape index (κ3) is 17.8. The number of unbranched alkanes of at least 4 members (excludes halogenated alkanes) is 11. The highest BCUT2D eigenvalue weighted by Gasteiger charge is 2.05. The first-order valence-corrected chi connectivity index (χ1v) is 10.3. The molecule has 1 unspecified atom stereocenters. The van der Waals surface area contributed by atoms with E-state index in [4.69, 9.17) is 5.11 Å². The van der Waals surface area contributed by atoms with Gasteiger partial charge in [0, 0.05) is 5.75 Å². The zero-order valence-electron chi connectivity index (χ0n) is 14.4.